The Morgan fingerprint density at radius 1 is 0.667 bits per heavy atom. The van der Waals surface area contributed by atoms with Gasteiger partial charge < -0.3 is 14.5 Å². The number of rotatable bonds is 4. The van der Waals surface area contributed by atoms with Crippen LogP contribution in [0.25, 0.3) is 50.2 Å². The molecule has 45 heavy (non-hydrogen) atoms. The molecule has 0 radical (unpaired) electrons. The molecule has 2 aromatic heterocycles. The molecule has 0 bridgehead atoms. The number of benzene rings is 5. The second-order valence-corrected chi connectivity index (χ2v) is 12.1. The predicted octanol–water partition coefficient (Wildman–Crippen LogP) is 9.53. The third kappa shape index (κ3) is 4.10. The lowest BCUT2D eigenvalue weighted by Gasteiger charge is -2.29. The number of hydrogen-bond donors (Lipinski definition) is 1. The van der Waals surface area contributed by atoms with Gasteiger partial charge in [-0.25, -0.2) is 4.99 Å². The van der Waals surface area contributed by atoms with E-state index in [1.807, 2.05) is 0 Å². The molecule has 3 heterocycles. The van der Waals surface area contributed by atoms with E-state index in [0.717, 1.165) is 34.6 Å². The normalized spacial score (nSPS) is 17.7. The maximum Gasteiger partial charge on any atom is 0.201 e. The van der Waals surface area contributed by atoms with E-state index in [2.05, 4.69) is 167 Å². The Kier molecular flexibility index (Phi) is 5.88. The highest BCUT2D eigenvalue weighted by atomic mass is 15.3. The van der Waals surface area contributed by atoms with Crippen LogP contribution in [0, 0.1) is 5.92 Å². The number of para-hydroxylation sites is 2. The number of allylic oxidation sites excluding steroid dienone is 2. The summed E-state index contributed by atoms with van der Waals surface area (Å²) in [7, 11) is 0. The highest BCUT2D eigenvalue weighted by Crippen LogP contribution is 2.43. The summed E-state index contributed by atoms with van der Waals surface area (Å²) in [6, 6.07) is 45.3. The van der Waals surface area contributed by atoms with Crippen LogP contribution in [0.3, 0.4) is 0 Å². The van der Waals surface area contributed by atoms with Gasteiger partial charge in [-0.15, -0.1) is 0 Å². The molecule has 4 nitrogen and oxygen atoms in total. The van der Waals surface area contributed by atoms with Crippen LogP contribution in [0.2, 0.25) is 0 Å². The Hall–Kier alpha value is -5.61. The zero-order valence-corrected chi connectivity index (χ0v) is 25.1. The molecule has 4 heteroatoms. The summed E-state index contributed by atoms with van der Waals surface area (Å²) >= 11 is 0. The number of nitrogens with zero attached hydrogens (tertiary/aromatic N) is 3. The topological polar surface area (TPSA) is 34.2 Å². The first-order valence-electron chi connectivity index (χ1n) is 15.7. The third-order valence-electron chi connectivity index (χ3n) is 9.29. The highest BCUT2D eigenvalue weighted by Gasteiger charge is 2.30. The molecule has 2 unspecified atom stereocenters. The van der Waals surface area contributed by atoms with E-state index in [4.69, 9.17) is 4.99 Å². The molecule has 2 aliphatic rings. The first-order valence-corrected chi connectivity index (χ1v) is 15.7. The lowest BCUT2D eigenvalue weighted by Crippen LogP contribution is -2.30. The van der Waals surface area contributed by atoms with Gasteiger partial charge in [0.1, 0.15) is 0 Å². The number of hydrogen-bond acceptors (Lipinski definition) is 2. The Morgan fingerprint density at radius 2 is 1.33 bits per heavy atom. The van der Waals surface area contributed by atoms with Gasteiger partial charge in [0.25, 0.3) is 0 Å². The Morgan fingerprint density at radius 3 is 2.11 bits per heavy atom. The second-order valence-electron chi connectivity index (χ2n) is 12.1. The van der Waals surface area contributed by atoms with E-state index >= 15 is 0 Å². The average molecular weight is 581 g/mol. The van der Waals surface area contributed by atoms with Gasteiger partial charge in [0, 0.05) is 38.8 Å². The van der Waals surface area contributed by atoms with Crippen molar-refractivity contribution in [1.82, 2.24) is 14.5 Å². The van der Waals surface area contributed by atoms with E-state index in [-0.39, 0.29) is 6.29 Å². The lowest BCUT2D eigenvalue weighted by atomic mass is 9.94. The van der Waals surface area contributed by atoms with Gasteiger partial charge in [0.2, 0.25) is 6.29 Å². The number of aliphatic imine (C=N–C) groups is 1. The van der Waals surface area contributed by atoms with Crippen molar-refractivity contribution in [3.8, 4) is 5.69 Å². The Bertz CT molecular complexity index is 2320. The van der Waals surface area contributed by atoms with Crippen molar-refractivity contribution in [2.24, 2.45) is 10.9 Å². The van der Waals surface area contributed by atoms with Gasteiger partial charge in [-0.1, -0.05) is 128 Å². The van der Waals surface area contributed by atoms with Crippen molar-refractivity contribution in [2.45, 2.75) is 19.6 Å². The SMILES string of the molecule is CC1C=Cc2c(n(C3N=C(c4ccccc4)C=C(c4ccccc4)N3)c3c2ccc2c4ccccc4n(-c4ccccc4)c23)C1. The van der Waals surface area contributed by atoms with Gasteiger partial charge in [-0.05, 0) is 47.7 Å². The highest BCUT2D eigenvalue weighted by molar-refractivity contribution is 6.19. The van der Waals surface area contributed by atoms with Crippen LogP contribution in [-0.4, -0.2) is 14.8 Å². The van der Waals surface area contributed by atoms with Crippen molar-refractivity contribution in [1.29, 1.82) is 0 Å². The first-order chi connectivity index (χ1) is 22.2. The fourth-order valence-corrected chi connectivity index (χ4v) is 7.26. The molecule has 1 aliphatic heterocycles. The molecule has 0 fully saturated rings. The summed E-state index contributed by atoms with van der Waals surface area (Å²) in [5, 5.41) is 7.65. The molecule has 7 aromatic rings. The largest absolute Gasteiger partial charge is 0.346 e. The van der Waals surface area contributed by atoms with E-state index in [0.29, 0.717) is 5.92 Å². The van der Waals surface area contributed by atoms with Crippen molar-refractivity contribution in [3.63, 3.8) is 0 Å². The molecule has 1 N–H and O–H groups in total. The second kappa shape index (κ2) is 10.2. The Labute approximate surface area is 262 Å². The van der Waals surface area contributed by atoms with Gasteiger partial charge in [0.15, 0.2) is 0 Å². The van der Waals surface area contributed by atoms with Gasteiger partial charge in [-0.3, -0.25) is 0 Å². The quantitative estimate of drug-likeness (QED) is 0.221. The maximum absolute atomic E-state index is 5.48. The van der Waals surface area contributed by atoms with Crippen LogP contribution >= 0.6 is 0 Å². The zero-order chi connectivity index (χ0) is 29.9. The van der Waals surface area contributed by atoms with Crippen LogP contribution < -0.4 is 5.32 Å². The van der Waals surface area contributed by atoms with Crippen LogP contribution in [0.15, 0.2) is 145 Å². The molecule has 1 aliphatic carbocycles. The van der Waals surface area contributed by atoms with Gasteiger partial charge in [0.05, 0.1) is 22.3 Å². The number of fused-ring (bicyclic) bond motifs is 7. The van der Waals surface area contributed by atoms with E-state index in [9.17, 15) is 0 Å². The summed E-state index contributed by atoms with van der Waals surface area (Å²) in [6.07, 6.45) is 7.50. The molecule has 0 spiro atoms. The lowest BCUT2D eigenvalue weighted by molar-refractivity contribution is 0.472. The summed E-state index contributed by atoms with van der Waals surface area (Å²) in [5.41, 5.74) is 11.7. The minimum Gasteiger partial charge on any atom is -0.346 e. The fourth-order valence-electron chi connectivity index (χ4n) is 7.26. The molecule has 9 rings (SSSR count). The van der Waals surface area contributed by atoms with Crippen molar-refractivity contribution >= 4 is 50.2 Å². The summed E-state index contributed by atoms with van der Waals surface area (Å²) in [4.78, 5) is 5.48. The van der Waals surface area contributed by atoms with Crippen molar-refractivity contribution < 1.29 is 0 Å². The predicted molar refractivity (Wildman–Crippen MR) is 188 cm³/mol. The van der Waals surface area contributed by atoms with Crippen molar-refractivity contribution in [3.05, 3.63) is 162 Å². The average Bonchev–Trinajstić information content (AvgIpc) is 3.62. The molecule has 2 atom stereocenters. The third-order valence-corrected chi connectivity index (χ3v) is 9.29. The van der Waals surface area contributed by atoms with E-state index in [1.54, 1.807) is 0 Å². The summed E-state index contributed by atoms with van der Waals surface area (Å²) in [6.45, 7) is 2.31. The molecule has 0 amide bonds. The van der Waals surface area contributed by atoms with Crippen LogP contribution in [0.4, 0.5) is 0 Å². The minimum atomic E-state index is -0.335. The maximum atomic E-state index is 5.48. The van der Waals surface area contributed by atoms with Crippen LogP contribution in [0.1, 0.15) is 35.6 Å². The van der Waals surface area contributed by atoms with Gasteiger partial charge in [-0.2, -0.15) is 0 Å². The molecular formula is C41H32N4. The molecule has 0 saturated carbocycles. The standard InChI is InChI=1S/C41H32N4/c1-27-21-22-32-34-24-23-33-31-19-11-12-20-37(31)44(30-17-9-4-10-18-30)39(33)40(34)45(38(32)25-27)41-42-35(28-13-5-2-6-14-28)26-36(43-41)29-15-7-3-8-16-29/h2-24,26-27,41-42H,25H2,1H3. The van der Waals surface area contributed by atoms with E-state index < -0.39 is 0 Å². The molecule has 216 valence electrons. The monoisotopic (exact) mass is 580 g/mol. The molecule has 0 saturated heterocycles. The van der Waals surface area contributed by atoms with Crippen LogP contribution in [-0.2, 0) is 6.42 Å². The van der Waals surface area contributed by atoms with Gasteiger partial charge >= 0.3 is 0 Å². The van der Waals surface area contributed by atoms with Crippen molar-refractivity contribution in [2.75, 3.05) is 0 Å². The molecular weight excluding hydrogens is 548 g/mol. The zero-order valence-electron chi connectivity index (χ0n) is 25.1. The summed E-state index contributed by atoms with van der Waals surface area (Å²) in [5.74, 6) is 0.432. The first kappa shape index (κ1) is 25.8. The minimum absolute atomic E-state index is 0.335. The Balaban J connectivity index is 1.40. The smallest absolute Gasteiger partial charge is 0.201 e. The summed E-state index contributed by atoms with van der Waals surface area (Å²) < 4.78 is 4.95. The number of aromatic nitrogens is 2. The fraction of sp³-hybridized carbons (Fsp3) is 0.0976. The number of nitrogens with one attached hydrogen (secondary N) is 1. The van der Waals surface area contributed by atoms with E-state index in [1.165, 1.54) is 44.0 Å². The van der Waals surface area contributed by atoms with Crippen LogP contribution in [0.5, 0.6) is 0 Å². The molecule has 5 aromatic carbocycles.